The number of hydrogen-bond acceptors (Lipinski definition) is 2. The molecule has 0 radical (unpaired) electrons. The number of carboxylic acid groups (broad SMARTS) is 1. The highest BCUT2D eigenvalue weighted by Gasteiger charge is 2.10. The second kappa shape index (κ2) is 2.98. The minimum absolute atomic E-state index is 0.231. The van der Waals surface area contributed by atoms with Gasteiger partial charge in [0.1, 0.15) is 5.56 Å². The molecule has 0 saturated carbocycles. The van der Waals surface area contributed by atoms with Crippen molar-refractivity contribution in [3.63, 3.8) is 0 Å². The van der Waals surface area contributed by atoms with Gasteiger partial charge in [-0.2, -0.15) is 0 Å². The Balaban J connectivity index is 3.49. The molecule has 0 spiro atoms. The smallest absolute Gasteiger partial charge is 0.341 e. The summed E-state index contributed by atoms with van der Waals surface area (Å²) in [5.41, 5.74) is -0.878. The molecular weight excluding hydrogens is 182 g/mol. The molecule has 64 valence electrons. The normalized spacial score (nSPS) is 9.83. The fraction of sp³-hybridized carbons (Fsp3) is 0.143. The quantitative estimate of drug-likeness (QED) is 0.706. The van der Waals surface area contributed by atoms with Gasteiger partial charge in [-0.05, 0) is 6.07 Å². The van der Waals surface area contributed by atoms with Gasteiger partial charge in [0.15, 0.2) is 0 Å². The predicted molar refractivity (Wildman–Crippen MR) is 43.7 cm³/mol. The van der Waals surface area contributed by atoms with Crippen LogP contribution in [0.2, 0.25) is 5.02 Å². The standard InChI is InChI=1S/C7H6ClNO3/c1-9-3-4(8)2-5(6(9)10)7(11)12/h2-3H,1H3,(H,11,12). The monoisotopic (exact) mass is 187 g/mol. The van der Waals surface area contributed by atoms with Gasteiger partial charge in [0.2, 0.25) is 0 Å². The third-order valence-corrected chi connectivity index (χ3v) is 1.59. The maximum absolute atomic E-state index is 11.1. The summed E-state index contributed by atoms with van der Waals surface area (Å²) in [5.74, 6) is -1.27. The summed E-state index contributed by atoms with van der Waals surface area (Å²) >= 11 is 5.54. The Morgan fingerprint density at radius 2 is 2.25 bits per heavy atom. The molecule has 0 aromatic carbocycles. The molecule has 0 aliphatic heterocycles. The number of carbonyl (C=O) groups is 1. The lowest BCUT2D eigenvalue weighted by molar-refractivity contribution is 0.0694. The van der Waals surface area contributed by atoms with E-state index >= 15 is 0 Å². The largest absolute Gasteiger partial charge is 0.477 e. The fourth-order valence-electron chi connectivity index (χ4n) is 0.824. The zero-order valence-corrected chi connectivity index (χ0v) is 7.00. The highest BCUT2D eigenvalue weighted by atomic mass is 35.5. The Hall–Kier alpha value is -1.29. The summed E-state index contributed by atoms with van der Waals surface area (Å²) in [7, 11) is 1.45. The summed E-state index contributed by atoms with van der Waals surface area (Å²) in [6.45, 7) is 0. The molecule has 1 aromatic rings. The lowest BCUT2D eigenvalue weighted by atomic mass is 10.3. The van der Waals surface area contributed by atoms with Gasteiger partial charge in [-0.25, -0.2) is 4.79 Å². The Kier molecular flexibility index (Phi) is 2.19. The topological polar surface area (TPSA) is 59.3 Å². The van der Waals surface area contributed by atoms with Gasteiger partial charge in [0, 0.05) is 13.2 Å². The lowest BCUT2D eigenvalue weighted by Gasteiger charge is -1.99. The number of aromatic carboxylic acids is 1. The van der Waals surface area contributed by atoms with Crippen LogP contribution in [0.15, 0.2) is 17.1 Å². The highest BCUT2D eigenvalue weighted by Crippen LogP contribution is 2.06. The molecule has 1 rings (SSSR count). The van der Waals surface area contributed by atoms with Crippen LogP contribution in [0.5, 0.6) is 0 Å². The number of pyridine rings is 1. The maximum Gasteiger partial charge on any atom is 0.341 e. The number of rotatable bonds is 1. The molecule has 12 heavy (non-hydrogen) atoms. The third-order valence-electron chi connectivity index (χ3n) is 1.38. The van der Waals surface area contributed by atoms with Crippen LogP contribution < -0.4 is 5.56 Å². The molecule has 1 heterocycles. The van der Waals surface area contributed by atoms with Crippen LogP contribution in [0, 0.1) is 0 Å². The van der Waals surface area contributed by atoms with Crippen LogP contribution in [0.4, 0.5) is 0 Å². The number of hydrogen-bond donors (Lipinski definition) is 1. The van der Waals surface area contributed by atoms with E-state index in [0.717, 1.165) is 10.6 Å². The van der Waals surface area contributed by atoms with Gasteiger partial charge in [0.25, 0.3) is 5.56 Å². The summed E-state index contributed by atoms with van der Waals surface area (Å²) < 4.78 is 1.13. The van der Waals surface area contributed by atoms with Gasteiger partial charge in [0.05, 0.1) is 5.02 Å². The number of aryl methyl sites for hydroxylation is 1. The summed E-state index contributed by atoms with van der Waals surface area (Å²) in [5, 5.41) is 8.77. The van der Waals surface area contributed by atoms with Crippen molar-refractivity contribution in [2.45, 2.75) is 0 Å². The van der Waals surface area contributed by atoms with Crippen molar-refractivity contribution in [1.29, 1.82) is 0 Å². The predicted octanol–water partition coefficient (Wildman–Crippen LogP) is 0.737. The van der Waals surface area contributed by atoms with E-state index in [9.17, 15) is 9.59 Å². The first-order valence-corrected chi connectivity index (χ1v) is 3.49. The van der Waals surface area contributed by atoms with Crippen molar-refractivity contribution in [2.24, 2.45) is 7.05 Å². The highest BCUT2D eigenvalue weighted by molar-refractivity contribution is 6.30. The average molecular weight is 188 g/mol. The molecule has 1 N–H and O–H groups in total. The molecule has 0 aliphatic rings. The van der Waals surface area contributed by atoms with Crippen molar-refractivity contribution in [2.75, 3.05) is 0 Å². The fourth-order valence-corrected chi connectivity index (χ4v) is 1.08. The molecular formula is C7H6ClNO3. The van der Waals surface area contributed by atoms with E-state index in [-0.39, 0.29) is 10.6 Å². The minimum Gasteiger partial charge on any atom is -0.477 e. The van der Waals surface area contributed by atoms with E-state index in [2.05, 4.69) is 0 Å². The lowest BCUT2D eigenvalue weighted by Crippen LogP contribution is -2.23. The van der Waals surface area contributed by atoms with Gasteiger partial charge in [-0.15, -0.1) is 0 Å². The minimum atomic E-state index is -1.27. The number of aromatic nitrogens is 1. The van der Waals surface area contributed by atoms with Gasteiger partial charge in [-0.3, -0.25) is 4.79 Å². The van der Waals surface area contributed by atoms with Crippen molar-refractivity contribution in [1.82, 2.24) is 4.57 Å². The molecule has 5 heteroatoms. The Labute approximate surface area is 73.0 Å². The van der Waals surface area contributed by atoms with Gasteiger partial charge < -0.3 is 9.67 Å². The molecule has 0 fully saturated rings. The maximum atomic E-state index is 11.1. The molecule has 0 aliphatic carbocycles. The SMILES string of the molecule is Cn1cc(Cl)cc(C(=O)O)c1=O. The van der Waals surface area contributed by atoms with Crippen molar-refractivity contribution < 1.29 is 9.90 Å². The number of nitrogens with zero attached hydrogens (tertiary/aromatic N) is 1. The van der Waals surface area contributed by atoms with Crippen LogP contribution >= 0.6 is 11.6 Å². The average Bonchev–Trinajstić information content (AvgIpc) is 1.96. The Bertz CT molecular complexity index is 383. The molecule has 0 bridgehead atoms. The van der Waals surface area contributed by atoms with E-state index in [4.69, 9.17) is 16.7 Å². The molecule has 0 saturated heterocycles. The van der Waals surface area contributed by atoms with Crippen LogP contribution in [-0.4, -0.2) is 15.6 Å². The Morgan fingerprint density at radius 3 is 2.75 bits per heavy atom. The van der Waals surface area contributed by atoms with Gasteiger partial charge >= 0.3 is 5.97 Å². The van der Waals surface area contributed by atoms with Crippen LogP contribution in [0.25, 0.3) is 0 Å². The van der Waals surface area contributed by atoms with Gasteiger partial charge in [-0.1, -0.05) is 11.6 Å². The molecule has 0 atom stereocenters. The van der Waals surface area contributed by atoms with E-state index in [1.807, 2.05) is 0 Å². The summed E-state index contributed by atoms with van der Waals surface area (Å²) in [4.78, 5) is 21.5. The second-order valence-corrected chi connectivity index (χ2v) is 2.73. The van der Waals surface area contributed by atoms with Crippen LogP contribution in [0.3, 0.4) is 0 Å². The Morgan fingerprint density at radius 1 is 1.67 bits per heavy atom. The second-order valence-electron chi connectivity index (χ2n) is 2.29. The van der Waals surface area contributed by atoms with Crippen molar-refractivity contribution in [3.05, 3.63) is 33.2 Å². The number of carboxylic acids is 1. The molecule has 4 nitrogen and oxygen atoms in total. The first-order valence-electron chi connectivity index (χ1n) is 3.12. The van der Waals surface area contributed by atoms with E-state index in [0.29, 0.717) is 0 Å². The van der Waals surface area contributed by atoms with E-state index < -0.39 is 11.5 Å². The first-order chi connectivity index (χ1) is 5.52. The van der Waals surface area contributed by atoms with Crippen molar-refractivity contribution in [3.8, 4) is 0 Å². The molecule has 1 aromatic heterocycles. The third kappa shape index (κ3) is 1.48. The van der Waals surface area contributed by atoms with E-state index in [1.54, 1.807) is 0 Å². The van der Waals surface area contributed by atoms with Crippen LogP contribution in [0.1, 0.15) is 10.4 Å². The zero-order valence-electron chi connectivity index (χ0n) is 6.24. The zero-order chi connectivity index (χ0) is 9.30. The van der Waals surface area contributed by atoms with Crippen molar-refractivity contribution >= 4 is 17.6 Å². The number of halogens is 1. The van der Waals surface area contributed by atoms with Crippen LogP contribution in [-0.2, 0) is 7.05 Å². The molecule has 0 unspecified atom stereocenters. The molecule has 0 amide bonds. The van der Waals surface area contributed by atoms with E-state index in [1.165, 1.54) is 13.2 Å². The summed E-state index contributed by atoms with van der Waals surface area (Å²) in [6.07, 6.45) is 1.36. The summed E-state index contributed by atoms with van der Waals surface area (Å²) in [6, 6.07) is 1.13. The first kappa shape index (κ1) is 8.80.